The Morgan fingerprint density at radius 1 is 1.08 bits per heavy atom. The molecule has 2 amide bonds. The molecule has 5 nitrogen and oxygen atoms in total. The van der Waals surface area contributed by atoms with E-state index in [2.05, 4.69) is 43.8 Å². The summed E-state index contributed by atoms with van der Waals surface area (Å²) < 4.78 is 7.78. The molecule has 1 fully saturated rings. The molecule has 3 aromatic rings. The van der Waals surface area contributed by atoms with Crippen molar-refractivity contribution in [1.29, 1.82) is 0 Å². The summed E-state index contributed by atoms with van der Waals surface area (Å²) in [6.45, 7) is 4.20. The van der Waals surface area contributed by atoms with Crippen molar-refractivity contribution in [2.24, 2.45) is 0 Å². The molecule has 0 saturated carbocycles. The maximum atomic E-state index is 13.4. The van der Waals surface area contributed by atoms with Gasteiger partial charge in [-0.1, -0.05) is 63.4 Å². The van der Waals surface area contributed by atoms with Crippen LogP contribution in [0.5, 0.6) is 5.75 Å². The number of nitrogens with zero attached hydrogens (tertiary/aromatic N) is 1. The van der Waals surface area contributed by atoms with Crippen LogP contribution >= 0.6 is 67.3 Å². The topological polar surface area (TPSA) is 58.6 Å². The number of allylic oxidation sites excluding steroid dienone is 1. The number of anilines is 1. The van der Waals surface area contributed by atoms with Gasteiger partial charge in [0, 0.05) is 4.47 Å². The fourth-order valence-corrected chi connectivity index (χ4v) is 5.22. The van der Waals surface area contributed by atoms with Gasteiger partial charge in [0.15, 0.2) is 5.11 Å². The first kappa shape index (κ1) is 27.5. The predicted molar refractivity (Wildman–Crippen MR) is 159 cm³/mol. The molecule has 1 aliphatic heterocycles. The van der Waals surface area contributed by atoms with Gasteiger partial charge in [-0.15, -0.1) is 6.58 Å². The minimum atomic E-state index is -0.616. The van der Waals surface area contributed by atoms with Gasteiger partial charge in [0.2, 0.25) is 0 Å². The highest BCUT2D eigenvalue weighted by Gasteiger charge is 2.35. The van der Waals surface area contributed by atoms with Crippen molar-refractivity contribution >= 4 is 96.0 Å². The predicted octanol–water partition coefficient (Wildman–Crippen LogP) is 7.66. The van der Waals surface area contributed by atoms with Crippen LogP contribution in [-0.4, -0.2) is 16.9 Å². The van der Waals surface area contributed by atoms with Crippen molar-refractivity contribution in [3.63, 3.8) is 0 Å². The minimum absolute atomic E-state index is 0.0819. The Kier molecular flexibility index (Phi) is 8.87. The molecule has 37 heavy (non-hydrogen) atoms. The van der Waals surface area contributed by atoms with Crippen LogP contribution < -0.4 is 15.0 Å². The van der Waals surface area contributed by atoms with Crippen LogP contribution in [0, 0.1) is 0 Å². The second-order valence-corrected chi connectivity index (χ2v) is 10.9. The quantitative estimate of drug-likeness (QED) is 0.121. The molecule has 188 valence electrons. The van der Waals surface area contributed by atoms with Gasteiger partial charge in [0.05, 0.1) is 20.2 Å². The molecular formula is C27H18Br2Cl2N2O3S. The van der Waals surface area contributed by atoms with Gasteiger partial charge in [-0.25, -0.2) is 0 Å². The minimum Gasteiger partial charge on any atom is -0.487 e. The number of amides is 2. The van der Waals surface area contributed by atoms with Crippen LogP contribution in [0.3, 0.4) is 0 Å². The summed E-state index contributed by atoms with van der Waals surface area (Å²) >= 11 is 24.7. The first-order chi connectivity index (χ1) is 17.7. The molecule has 0 atom stereocenters. The van der Waals surface area contributed by atoms with Gasteiger partial charge in [-0.05, 0) is 93.7 Å². The summed E-state index contributed by atoms with van der Waals surface area (Å²) in [5, 5.41) is 2.88. The number of hydrogen-bond donors (Lipinski definition) is 1. The summed E-state index contributed by atoms with van der Waals surface area (Å²) in [6, 6.07) is 16.3. The van der Waals surface area contributed by atoms with Crippen LogP contribution in [-0.2, 0) is 22.6 Å². The lowest BCUT2D eigenvalue weighted by molar-refractivity contribution is -0.122. The summed E-state index contributed by atoms with van der Waals surface area (Å²) in [5.41, 5.74) is 2.63. The molecule has 3 aromatic carbocycles. The first-order valence-corrected chi connectivity index (χ1v) is 13.6. The lowest BCUT2D eigenvalue weighted by Gasteiger charge is -2.29. The molecule has 1 heterocycles. The Morgan fingerprint density at radius 3 is 2.51 bits per heavy atom. The third kappa shape index (κ3) is 6.16. The Bertz CT molecular complexity index is 1460. The van der Waals surface area contributed by atoms with Crippen molar-refractivity contribution in [2.45, 2.75) is 13.0 Å². The van der Waals surface area contributed by atoms with E-state index in [-0.39, 0.29) is 26.4 Å². The standard InChI is InChI=1S/C27H18Br2Cl2N2O3S/c1-2-4-17-11-16(13-20(29)24(17)36-14-15-7-9-18(28)10-8-15)12-19-25(34)32-27(37)33(26(19)35)22-6-3-5-21(30)23(22)31/h2-3,5-13H,1,4,14H2,(H,32,34,37)/b19-12+. The number of rotatable bonds is 7. The second-order valence-electron chi connectivity index (χ2n) is 7.93. The monoisotopic (exact) mass is 678 g/mol. The normalized spacial score (nSPS) is 14.6. The highest BCUT2D eigenvalue weighted by molar-refractivity contribution is 9.10. The van der Waals surface area contributed by atoms with Crippen LogP contribution in [0.25, 0.3) is 6.08 Å². The number of carbonyl (C=O) groups is 2. The molecule has 0 unspecified atom stereocenters. The highest BCUT2D eigenvalue weighted by Crippen LogP contribution is 2.36. The largest absolute Gasteiger partial charge is 0.487 e. The number of halogens is 4. The smallest absolute Gasteiger partial charge is 0.270 e. The molecule has 1 aliphatic rings. The number of hydrogen-bond acceptors (Lipinski definition) is 4. The zero-order valence-corrected chi connectivity index (χ0v) is 24.6. The third-order valence-electron chi connectivity index (χ3n) is 5.39. The van der Waals surface area contributed by atoms with Gasteiger partial charge in [0.25, 0.3) is 11.8 Å². The van der Waals surface area contributed by atoms with Gasteiger partial charge in [-0.2, -0.15) is 0 Å². The molecule has 1 saturated heterocycles. The molecule has 0 aromatic heterocycles. The Labute approximate surface area is 246 Å². The van der Waals surface area contributed by atoms with Gasteiger partial charge >= 0.3 is 0 Å². The number of thiocarbonyl (C=S) groups is 1. The average molecular weight is 681 g/mol. The number of carbonyl (C=O) groups excluding carboxylic acids is 2. The number of benzene rings is 3. The van der Waals surface area contributed by atoms with E-state index < -0.39 is 11.8 Å². The highest BCUT2D eigenvalue weighted by atomic mass is 79.9. The molecule has 10 heteroatoms. The lowest BCUT2D eigenvalue weighted by Crippen LogP contribution is -2.54. The zero-order chi connectivity index (χ0) is 26.7. The maximum Gasteiger partial charge on any atom is 0.270 e. The Morgan fingerprint density at radius 2 is 1.81 bits per heavy atom. The van der Waals surface area contributed by atoms with Crippen LogP contribution in [0.15, 0.2) is 81.8 Å². The van der Waals surface area contributed by atoms with Crippen LogP contribution in [0.4, 0.5) is 5.69 Å². The van der Waals surface area contributed by atoms with Crippen molar-refractivity contribution < 1.29 is 14.3 Å². The van der Waals surface area contributed by atoms with E-state index in [4.69, 9.17) is 40.2 Å². The van der Waals surface area contributed by atoms with E-state index in [0.29, 0.717) is 28.8 Å². The molecule has 0 aliphatic carbocycles. The van der Waals surface area contributed by atoms with E-state index in [9.17, 15) is 9.59 Å². The van der Waals surface area contributed by atoms with Crippen molar-refractivity contribution in [3.05, 3.63) is 109 Å². The molecular weight excluding hydrogens is 663 g/mol. The summed E-state index contributed by atoms with van der Waals surface area (Å²) in [5.74, 6) is -0.575. The SMILES string of the molecule is C=CCc1cc(/C=C2\C(=O)NC(=S)N(c3cccc(Cl)c3Cl)C2=O)cc(Br)c1OCc1ccc(Br)cc1. The van der Waals surface area contributed by atoms with E-state index in [1.807, 2.05) is 30.3 Å². The van der Waals surface area contributed by atoms with Gasteiger partial charge in [-0.3, -0.25) is 19.8 Å². The Hall–Kier alpha value is -2.49. The van der Waals surface area contributed by atoms with Gasteiger partial charge in [0.1, 0.15) is 17.9 Å². The fourth-order valence-electron chi connectivity index (χ4n) is 3.67. The van der Waals surface area contributed by atoms with E-state index in [1.165, 1.54) is 6.08 Å². The van der Waals surface area contributed by atoms with Crippen LogP contribution in [0.1, 0.15) is 16.7 Å². The maximum absolute atomic E-state index is 13.4. The second kappa shape index (κ2) is 11.9. The molecule has 1 N–H and O–H groups in total. The van der Waals surface area contributed by atoms with E-state index in [0.717, 1.165) is 20.5 Å². The van der Waals surface area contributed by atoms with Crippen molar-refractivity contribution in [1.82, 2.24) is 5.32 Å². The van der Waals surface area contributed by atoms with Gasteiger partial charge < -0.3 is 4.74 Å². The Balaban J connectivity index is 1.68. The number of ether oxygens (including phenoxy) is 1. The molecule has 0 spiro atoms. The summed E-state index contributed by atoms with van der Waals surface area (Å²) in [7, 11) is 0. The molecule has 0 radical (unpaired) electrons. The van der Waals surface area contributed by atoms with Crippen molar-refractivity contribution in [3.8, 4) is 5.75 Å². The molecule has 4 rings (SSSR count). The number of nitrogens with one attached hydrogen (secondary N) is 1. The first-order valence-electron chi connectivity index (χ1n) is 10.9. The average Bonchev–Trinajstić information content (AvgIpc) is 2.85. The fraction of sp³-hybridized carbons (Fsp3) is 0.0741. The van der Waals surface area contributed by atoms with E-state index >= 15 is 0 Å². The lowest BCUT2D eigenvalue weighted by atomic mass is 10.0. The summed E-state index contributed by atoms with van der Waals surface area (Å²) in [6.07, 6.45) is 3.77. The third-order valence-corrected chi connectivity index (χ3v) is 7.60. The van der Waals surface area contributed by atoms with Crippen LogP contribution in [0.2, 0.25) is 10.0 Å². The van der Waals surface area contributed by atoms with Crippen molar-refractivity contribution in [2.75, 3.05) is 4.90 Å². The zero-order valence-electron chi connectivity index (χ0n) is 19.1. The molecule has 0 bridgehead atoms. The summed E-state index contributed by atoms with van der Waals surface area (Å²) in [4.78, 5) is 27.3. The van der Waals surface area contributed by atoms with E-state index in [1.54, 1.807) is 30.3 Å².